The van der Waals surface area contributed by atoms with Crippen molar-refractivity contribution in [1.82, 2.24) is 31.5 Å². The van der Waals surface area contributed by atoms with Gasteiger partial charge < -0.3 is 36.2 Å². The minimum atomic E-state index is -1.41. The predicted octanol–water partition coefficient (Wildman–Crippen LogP) is 1.10. The van der Waals surface area contributed by atoms with Crippen LogP contribution in [0.15, 0.2) is 24.3 Å². The van der Waals surface area contributed by atoms with Crippen LogP contribution >= 0.6 is 0 Å². The molecule has 0 aromatic heterocycles. The molecule has 238 valence electrons. The summed E-state index contributed by atoms with van der Waals surface area (Å²) in [5, 5.41) is 13.8. The zero-order valence-corrected chi connectivity index (χ0v) is 26.1. The first-order chi connectivity index (χ1) is 20.4. The van der Waals surface area contributed by atoms with Gasteiger partial charge in [-0.05, 0) is 64.8 Å². The summed E-state index contributed by atoms with van der Waals surface area (Å²) in [6.07, 6.45) is 4.26. The molecule has 12 nitrogen and oxygen atoms in total. The fourth-order valence-electron chi connectivity index (χ4n) is 5.13. The van der Waals surface area contributed by atoms with Gasteiger partial charge in [0.25, 0.3) is 5.91 Å². The number of carbonyl (C=O) groups excluding carboxylic acids is 5. The lowest BCUT2D eigenvalue weighted by Gasteiger charge is -2.30. The van der Waals surface area contributed by atoms with E-state index in [1.54, 1.807) is 31.2 Å². The van der Waals surface area contributed by atoms with E-state index in [9.17, 15) is 24.0 Å². The van der Waals surface area contributed by atoms with Crippen molar-refractivity contribution < 1.29 is 28.7 Å². The first kappa shape index (κ1) is 33.8. The summed E-state index contributed by atoms with van der Waals surface area (Å²) < 4.78 is 5.90. The lowest BCUT2D eigenvalue weighted by atomic mass is 9.98. The van der Waals surface area contributed by atoms with Crippen LogP contribution in [0.25, 0.3) is 0 Å². The molecule has 0 unspecified atom stereocenters. The molecule has 3 rings (SSSR count). The summed E-state index contributed by atoms with van der Waals surface area (Å²) in [6, 6.07) is 4.06. The van der Waals surface area contributed by atoms with Crippen molar-refractivity contribution in [2.24, 2.45) is 5.92 Å². The number of hydrogen-bond acceptors (Lipinski definition) is 7. The maximum Gasteiger partial charge on any atom is 0.255 e. The van der Waals surface area contributed by atoms with E-state index in [4.69, 9.17) is 4.74 Å². The van der Waals surface area contributed by atoms with Crippen molar-refractivity contribution in [2.75, 3.05) is 32.8 Å². The third kappa shape index (κ3) is 10.2. The second-order valence-corrected chi connectivity index (χ2v) is 12.4. The van der Waals surface area contributed by atoms with Crippen LogP contribution in [0.3, 0.4) is 0 Å². The van der Waals surface area contributed by atoms with Gasteiger partial charge in [-0.1, -0.05) is 38.8 Å². The number of rotatable bonds is 5. The molecule has 0 bridgehead atoms. The number of benzene rings is 1. The highest BCUT2D eigenvalue weighted by Gasteiger charge is 2.36. The number of fused-ring (bicyclic) bond motifs is 1. The zero-order valence-electron chi connectivity index (χ0n) is 26.1. The van der Waals surface area contributed by atoms with Crippen LogP contribution in [0.4, 0.5) is 0 Å². The predicted molar refractivity (Wildman–Crippen MR) is 162 cm³/mol. The molecule has 3 atom stereocenters. The normalized spacial score (nSPS) is 24.7. The van der Waals surface area contributed by atoms with E-state index in [2.05, 4.69) is 31.5 Å². The molecule has 5 N–H and O–H groups in total. The standard InChI is InChI=1S/C31H48N6O6/c1-20(2)26-29(41)33-21(3)19-43-24-13-9-8-12-22(24)27(39)34-23(18-25(38)36-31(4,5)30(42)35-26)28(40)32-14-17-37-15-10-6-7-11-16-37/h8-9,12-13,20-21,23,26H,6-7,10-11,14-19H2,1-5H3,(H,32,40)(H,33,41)(H,34,39)(H,35,42)(H,36,38)/t21-,23-,26+/m0/s1. The summed E-state index contributed by atoms with van der Waals surface area (Å²) in [5.41, 5.74) is -1.22. The topological polar surface area (TPSA) is 158 Å². The molecule has 1 saturated heterocycles. The molecule has 0 saturated carbocycles. The quantitative estimate of drug-likeness (QED) is 0.339. The Kier molecular flexibility index (Phi) is 12.4. The fourth-order valence-corrected chi connectivity index (χ4v) is 5.13. The van der Waals surface area contributed by atoms with E-state index in [-0.39, 0.29) is 23.8 Å². The lowest BCUT2D eigenvalue weighted by Crippen LogP contribution is -2.61. The summed E-state index contributed by atoms with van der Waals surface area (Å²) in [6.45, 7) is 11.5. The summed E-state index contributed by atoms with van der Waals surface area (Å²) in [5.74, 6) is -2.62. The molecule has 2 heterocycles. The Hall–Kier alpha value is -3.67. The molecule has 1 aromatic carbocycles. The Morgan fingerprint density at radius 2 is 1.70 bits per heavy atom. The number of para-hydroxylation sites is 1. The largest absolute Gasteiger partial charge is 0.491 e. The van der Waals surface area contributed by atoms with Gasteiger partial charge >= 0.3 is 0 Å². The molecule has 2 aliphatic rings. The van der Waals surface area contributed by atoms with Crippen LogP contribution < -0.4 is 31.3 Å². The summed E-state index contributed by atoms with van der Waals surface area (Å²) in [7, 11) is 0. The summed E-state index contributed by atoms with van der Waals surface area (Å²) >= 11 is 0. The molecular formula is C31H48N6O6. The third-order valence-electron chi connectivity index (χ3n) is 7.70. The van der Waals surface area contributed by atoms with Gasteiger partial charge in [-0.3, -0.25) is 24.0 Å². The highest BCUT2D eigenvalue weighted by atomic mass is 16.5. The van der Waals surface area contributed by atoms with Gasteiger partial charge in [0, 0.05) is 13.1 Å². The van der Waals surface area contributed by atoms with E-state index in [0.29, 0.717) is 13.1 Å². The minimum Gasteiger partial charge on any atom is -0.491 e. The van der Waals surface area contributed by atoms with E-state index < -0.39 is 59.6 Å². The smallest absolute Gasteiger partial charge is 0.255 e. The van der Waals surface area contributed by atoms with E-state index in [1.165, 1.54) is 26.7 Å². The van der Waals surface area contributed by atoms with Crippen LogP contribution in [0.2, 0.25) is 0 Å². The Morgan fingerprint density at radius 1 is 1.02 bits per heavy atom. The van der Waals surface area contributed by atoms with Crippen LogP contribution in [-0.2, 0) is 19.2 Å². The fraction of sp³-hybridized carbons (Fsp3) is 0.645. The van der Waals surface area contributed by atoms with Gasteiger partial charge in [0.05, 0.1) is 18.0 Å². The van der Waals surface area contributed by atoms with Crippen LogP contribution in [0, 0.1) is 5.92 Å². The molecule has 5 amide bonds. The van der Waals surface area contributed by atoms with Crippen LogP contribution in [0.5, 0.6) is 5.75 Å². The summed E-state index contributed by atoms with van der Waals surface area (Å²) in [4.78, 5) is 68.6. The number of nitrogens with one attached hydrogen (secondary N) is 5. The van der Waals surface area contributed by atoms with Gasteiger partial charge in [-0.25, -0.2) is 0 Å². The Morgan fingerprint density at radius 3 is 2.37 bits per heavy atom. The SMILES string of the molecule is CC(C)[C@H]1NC(=O)C(C)(C)NC(=O)C[C@@H](C(=O)NCCN2CCCCCC2)NC(=O)c2ccccc2OC[C@H](C)NC1=O. The minimum absolute atomic E-state index is 0.0563. The first-order valence-electron chi connectivity index (χ1n) is 15.3. The molecule has 1 aromatic rings. The van der Waals surface area contributed by atoms with E-state index >= 15 is 0 Å². The van der Waals surface area contributed by atoms with Crippen LogP contribution in [-0.4, -0.2) is 90.9 Å². The first-order valence-corrected chi connectivity index (χ1v) is 15.3. The van der Waals surface area contributed by atoms with Crippen molar-refractivity contribution in [3.8, 4) is 5.75 Å². The number of likely N-dealkylation sites (tertiary alicyclic amines) is 1. The highest BCUT2D eigenvalue weighted by molar-refractivity contribution is 6.01. The molecule has 43 heavy (non-hydrogen) atoms. The number of carbonyl (C=O) groups is 5. The number of hydrogen-bond donors (Lipinski definition) is 5. The maximum atomic E-state index is 13.4. The van der Waals surface area contributed by atoms with Gasteiger partial charge in [-0.2, -0.15) is 0 Å². The monoisotopic (exact) mass is 600 g/mol. The number of ether oxygens (including phenoxy) is 1. The highest BCUT2D eigenvalue weighted by Crippen LogP contribution is 2.19. The third-order valence-corrected chi connectivity index (χ3v) is 7.70. The van der Waals surface area contributed by atoms with Gasteiger partial charge in [0.15, 0.2) is 0 Å². The second-order valence-electron chi connectivity index (χ2n) is 12.4. The van der Waals surface area contributed by atoms with Gasteiger partial charge in [0.2, 0.25) is 23.6 Å². The van der Waals surface area contributed by atoms with Gasteiger partial charge in [0.1, 0.15) is 30.0 Å². The Labute approximate surface area is 254 Å². The lowest BCUT2D eigenvalue weighted by molar-refractivity contribution is -0.136. The molecule has 0 radical (unpaired) electrons. The van der Waals surface area contributed by atoms with Crippen molar-refractivity contribution in [2.45, 2.75) is 90.4 Å². The van der Waals surface area contributed by atoms with Gasteiger partial charge in [-0.15, -0.1) is 0 Å². The molecule has 1 fully saturated rings. The number of nitrogens with zero attached hydrogens (tertiary/aromatic N) is 1. The van der Waals surface area contributed by atoms with Crippen LogP contribution in [0.1, 0.15) is 77.1 Å². The Balaban J connectivity index is 1.84. The zero-order chi connectivity index (χ0) is 31.6. The molecular weight excluding hydrogens is 552 g/mol. The number of amides is 5. The second kappa shape index (κ2) is 15.7. The van der Waals surface area contributed by atoms with E-state index in [0.717, 1.165) is 25.9 Å². The average molecular weight is 601 g/mol. The molecule has 2 aliphatic heterocycles. The van der Waals surface area contributed by atoms with E-state index in [1.807, 2.05) is 13.8 Å². The molecule has 0 spiro atoms. The maximum absolute atomic E-state index is 13.4. The molecule has 0 aliphatic carbocycles. The van der Waals surface area contributed by atoms with Crippen molar-refractivity contribution in [3.05, 3.63) is 29.8 Å². The average Bonchev–Trinajstić information content (AvgIpc) is 3.22. The van der Waals surface area contributed by atoms with Crippen molar-refractivity contribution >= 4 is 29.5 Å². The van der Waals surface area contributed by atoms with Crippen molar-refractivity contribution in [3.63, 3.8) is 0 Å². The van der Waals surface area contributed by atoms with Crippen molar-refractivity contribution in [1.29, 1.82) is 0 Å². The molecule has 12 heteroatoms. The Bertz CT molecular complexity index is 1150.